The number of fused-ring (bicyclic) bond motifs is 2. The Hall–Kier alpha value is -3.91. The van der Waals surface area contributed by atoms with Crippen molar-refractivity contribution in [1.82, 2.24) is 9.88 Å². The van der Waals surface area contributed by atoms with E-state index in [0.717, 1.165) is 56.0 Å². The Morgan fingerprint density at radius 3 is 1.95 bits per heavy atom. The third kappa shape index (κ3) is 8.55. The van der Waals surface area contributed by atoms with E-state index in [1.807, 2.05) is 29.2 Å². The van der Waals surface area contributed by atoms with E-state index in [1.165, 1.54) is 0 Å². The number of aliphatic carboxylic acids is 2. The molecule has 2 aliphatic heterocycles. The first-order valence-corrected chi connectivity index (χ1v) is 11.8. The number of hydrogen-bond acceptors (Lipinski definition) is 5. The first-order valence-electron chi connectivity index (χ1n) is 11.8. The topological polar surface area (TPSA) is 111 Å². The molecule has 1 aromatic carbocycles. The molecule has 0 atom stereocenters. The van der Waals surface area contributed by atoms with Crippen LogP contribution in [0.15, 0.2) is 42.6 Å². The zero-order chi connectivity index (χ0) is 30.3. The number of piperidine rings is 1. The summed E-state index contributed by atoms with van der Waals surface area (Å²) in [4.78, 5) is 38.9. The number of nitrogens with zero attached hydrogens (tertiary/aromatic N) is 3. The summed E-state index contributed by atoms with van der Waals surface area (Å²) in [6.45, 7) is 5.42. The molecule has 0 bridgehead atoms. The molecular formula is C25H26F7N3O5. The lowest BCUT2D eigenvalue weighted by atomic mass is 9.74. The predicted octanol–water partition coefficient (Wildman–Crippen LogP) is 4.43. The van der Waals surface area contributed by atoms with Crippen molar-refractivity contribution in [2.24, 2.45) is 0 Å². The Bertz CT molecular complexity index is 1160. The minimum atomic E-state index is -5.08. The molecule has 1 saturated heterocycles. The maximum absolute atomic E-state index is 13.9. The number of carboxylic acids is 2. The molecule has 2 N–H and O–H groups in total. The van der Waals surface area contributed by atoms with Crippen LogP contribution >= 0.6 is 0 Å². The van der Waals surface area contributed by atoms with E-state index in [-0.39, 0.29) is 17.1 Å². The van der Waals surface area contributed by atoms with Gasteiger partial charge in [-0.2, -0.15) is 26.3 Å². The number of amides is 1. The number of halogens is 7. The van der Waals surface area contributed by atoms with Crippen LogP contribution in [-0.2, 0) is 26.2 Å². The van der Waals surface area contributed by atoms with Gasteiger partial charge in [-0.05, 0) is 55.7 Å². The van der Waals surface area contributed by atoms with Crippen LogP contribution in [-0.4, -0.2) is 76.5 Å². The maximum Gasteiger partial charge on any atom is 0.490 e. The molecule has 2 aromatic rings. The highest BCUT2D eigenvalue weighted by Crippen LogP contribution is 2.47. The van der Waals surface area contributed by atoms with Crippen LogP contribution in [0, 0.1) is 5.82 Å². The number of pyridine rings is 1. The van der Waals surface area contributed by atoms with Gasteiger partial charge in [0.15, 0.2) is 0 Å². The zero-order valence-corrected chi connectivity index (χ0v) is 21.1. The van der Waals surface area contributed by atoms with E-state index in [1.54, 1.807) is 18.3 Å². The van der Waals surface area contributed by atoms with Crippen molar-refractivity contribution in [2.45, 2.75) is 44.0 Å². The second-order valence-electron chi connectivity index (χ2n) is 8.94. The Kier molecular flexibility index (Phi) is 10.5. The molecule has 40 heavy (non-hydrogen) atoms. The lowest BCUT2D eigenvalue weighted by Gasteiger charge is -2.40. The third-order valence-corrected chi connectivity index (χ3v) is 6.36. The smallest absolute Gasteiger partial charge is 0.475 e. The van der Waals surface area contributed by atoms with Gasteiger partial charge in [-0.25, -0.2) is 14.0 Å². The van der Waals surface area contributed by atoms with Crippen LogP contribution in [0.2, 0.25) is 0 Å². The highest BCUT2D eigenvalue weighted by atomic mass is 19.4. The van der Waals surface area contributed by atoms with Gasteiger partial charge >= 0.3 is 24.3 Å². The van der Waals surface area contributed by atoms with Crippen LogP contribution in [0.5, 0.6) is 0 Å². The second kappa shape index (κ2) is 13.0. The highest BCUT2D eigenvalue weighted by molar-refractivity contribution is 5.78. The Balaban J connectivity index is 0.000000333. The molecule has 15 heteroatoms. The first-order chi connectivity index (χ1) is 18.5. The van der Waals surface area contributed by atoms with Crippen molar-refractivity contribution in [1.29, 1.82) is 0 Å². The molecule has 0 unspecified atom stereocenters. The van der Waals surface area contributed by atoms with Crippen molar-refractivity contribution in [3.05, 3.63) is 59.7 Å². The summed E-state index contributed by atoms with van der Waals surface area (Å²) >= 11 is 0. The number of alkyl halides is 6. The molecule has 3 heterocycles. The average Bonchev–Trinajstić information content (AvgIpc) is 3.17. The van der Waals surface area contributed by atoms with Gasteiger partial charge in [0.1, 0.15) is 5.82 Å². The molecule has 1 aromatic heterocycles. The van der Waals surface area contributed by atoms with Gasteiger partial charge in [0.2, 0.25) is 5.91 Å². The van der Waals surface area contributed by atoms with E-state index < -0.39 is 24.3 Å². The number of aromatic nitrogens is 1. The summed E-state index contributed by atoms with van der Waals surface area (Å²) in [6, 6.07) is 10.8. The van der Waals surface area contributed by atoms with Crippen molar-refractivity contribution in [3.63, 3.8) is 0 Å². The Morgan fingerprint density at radius 1 is 0.950 bits per heavy atom. The summed E-state index contributed by atoms with van der Waals surface area (Å²) < 4.78 is 77.4. The summed E-state index contributed by atoms with van der Waals surface area (Å²) in [7, 11) is 0. The van der Waals surface area contributed by atoms with Crippen LogP contribution in [0.4, 0.5) is 36.4 Å². The van der Waals surface area contributed by atoms with Gasteiger partial charge < -0.3 is 20.0 Å². The molecule has 1 amide bonds. The van der Waals surface area contributed by atoms with Crippen molar-refractivity contribution in [2.75, 3.05) is 31.1 Å². The second-order valence-corrected chi connectivity index (χ2v) is 8.94. The molecule has 2 aliphatic rings. The first kappa shape index (κ1) is 32.3. The fourth-order valence-electron chi connectivity index (χ4n) is 4.41. The number of carbonyl (C=O) groups excluding carboxylic acids is 1. The normalized spacial score (nSPS) is 15.8. The standard InChI is InChI=1S/C21H24FN3O.2C2HF3O2/c1-2-24-15-21(18-13-16(22)6-7-19(18)24)8-11-25(12-9-21)20(26)14-17-5-3-4-10-23-17;2*3-2(4,5)1(6)7/h3-7,10,13H,2,8-9,11-12,14-15H2,1H3;2*(H,6,7). The Labute approximate surface area is 224 Å². The highest BCUT2D eigenvalue weighted by Gasteiger charge is 2.45. The molecular weight excluding hydrogens is 555 g/mol. The fraction of sp³-hybridized carbons (Fsp3) is 0.440. The van der Waals surface area contributed by atoms with E-state index in [2.05, 4.69) is 16.8 Å². The number of benzene rings is 1. The third-order valence-electron chi connectivity index (χ3n) is 6.36. The quantitative estimate of drug-likeness (QED) is 0.516. The summed E-state index contributed by atoms with van der Waals surface area (Å²) in [5.41, 5.74) is 3.05. The van der Waals surface area contributed by atoms with Gasteiger partial charge in [0.25, 0.3) is 0 Å². The molecule has 0 radical (unpaired) electrons. The number of anilines is 1. The summed E-state index contributed by atoms with van der Waals surface area (Å²) in [6.07, 6.45) is -6.33. The maximum atomic E-state index is 13.9. The van der Waals surface area contributed by atoms with Crippen LogP contribution in [0.3, 0.4) is 0 Å². The fourth-order valence-corrected chi connectivity index (χ4v) is 4.41. The van der Waals surface area contributed by atoms with E-state index in [4.69, 9.17) is 19.8 Å². The lowest BCUT2D eigenvalue weighted by Crippen LogP contribution is -2.47. The Morgan fingerprint density at radius 2 is 1.50 bits per heavy atom. The van der Waals surface area contributed by atoms with E-state index >= 15 is 0 Å². The lowest BCUT2D eigenvalue weighted by molar-refractivity contribution is -0.193. The van der Waals surface area contributed by atoms with Gasteiger partial charge in [-0.3, -0.25) is 9.78 Å². The minimum Gasteiger partial charge on any atom is -0.475 e. The average molecular weight is 581 g/mol. The number of carboxylic acid groups (broad SMARTS) is 2. The van der Waals surface area contributed by atoms with Gasteiger partial charge in [-0.15, -0.1) is 0 Å². The number of likely N-dealkylation sites (N-methyl/N-ethyl adjacent to an activating group) is 1. The van der Waals surface area contributed by atoms with Crippen LogP contribution < -0.4 is 4.90 Å². The molecule has 1 fully saturated rings. The SMILES string of the molecule is CCN1CC2(CCN(C(=O)Cc3ccccn3)CC2)c2cc(F)ccc21.O=C(O)C(F)(F)F.O=C(O)C(F)(F)F. The zero-order valence-electron chi connectivity index (χ0n) is 21.1. The molecule has 8 nitrogen and oxygen atoms in total. The van der Waals surface area contributed by atoms with Gasteiger partial charge in [0, 0.05) is 49.2 Å². The number of carbonyl (C=O) groups is 3. The summed E-state index contributed by atoms with van der Waals surface area (Å²) in [5, 5.41) is 14.2. The number of likely N-dealkylation sites (tertiary alicyclic amines) is 1. The van der Waals surface area contributed by atoms with Crippen LogP contribution in [0.25, 0.3) is 0 Å². The molecule has 0 saturated carbocycles. The van der Waals surface area contributed by atoms with Gasteiger partial charge in [-0.1, -0.05) is 6.07 Å². The number of rotatable bonds is 3. The van der Waals surface area contributed by atoms with Gasteiger partial charge in [0.05, 0.1) is 6.42 Å². The molecule has 4 rings (SSSR count). The van der Waals surface area contributed by atoms with E-state index in [0.29, 0.717) is 6.42 Å². The molecule has 220 valence electrons. The van der Waals surface area contributed by atoms with Crippen LogP contribution in [0.1, 0.15) is 31.0 Å². The monoisotopic (exact) mass is 581 g/mol. The van der Waals surface area contributed by atoms with Crippen molar-refractivity contribution < 1.29 is 55.3 Å². The molecule has 0 aliphatic carbocycles. The van der Waals surface area contributed by atoms with Crippen molar-refractivity contribution in [3.8, 4) is 0 Å². The summed E-state index contributed by atoms with van der Waals surface area (Å²) in [5.74, 6) is -5.56. The minimum absolute atomic E-state index is 0.0325. The molecule has 1 spiro atoms. The van der Waals surface area contributed by atoms with Crippen molar-refractivity contribution >= 4 is 23.5 Å². The predicted molar refractivity (Wildman–Crippen MR) is 127 cm³/mol. The largest absolute Gasteiger partial charge is 0.490 e. The van der Waals surface area contributed by atoms with E-state index in [9.17, 15) is 35.5 Å². The number of hydrogen-bond donors (Lipinski definition) is 2.